The summed E-state index contributed by atoms with van der Waals surface area (Å²) in [6.07, 6.45) is 3.04. The Kier molecular flexibility index (Phi) is 6.59. The van der Waals surface area contributed by atoms with Gasteiger partial charge in [0.05, 0.1) is 21.9 Å². The summed E-state index contributed by atoms with van der Waals surface area (Å²) in [7, 11) is 0. The molecule has 6 nitrogen and oxygen atoms in total. The lowest BCUT2D eigenvalue weighted by Crippen LogP contribution is -2.19. The first-order valence-corrected chi connectivity index (χ1v) is 9.31. The summed E-state index contributed by atoms with van der Waals surface area (Å²) in [6, 6.07) is 15.1. The van der Waals surface area contributed by atoms with E-state index in [0.717, 1.165) is 5.56 Å². The number of carbonyl (C=O) groups is 2. The van der Waals surface area contributed by atoms with Gasteiger partial charge in [-0.25, -0.2) is 5.43 Å². The standard InChI is InChI=1S/C21H16Cl2N4O2/c1-13(26-27-20(28)15-5-3-9-24-12-15)14-4-2-6-17(10-14)25-21(29)18-8-7-16(22)11-19(18)23/h2-12H,1H3,(H,25,29)(H,27,28)/b26-13-. The van der Waals surface area contributed by atoms with Gasteiger partial charge in [-0.1, -0.05) is 35.3 Å². The number of hydrogen-bond acceptors (Lipinski definition) is 4. The number of anilines is 1. The van der Waals surface area contributed by atoms with Crippen molar-refractivity contribution in [3.8, 4) is 0 Å². The van der Waals surface area contributed by atoms with Crippen LogP contribution in [0.5, 0.6) is 0 Å². The molecule has 29 heavy (non-hydrogen) atoms. The van der Waals surface area contributed by atoms with E-state index < -0.39 is 0 Å². The van der Waals surface area contributed by atoms with Gasteiger partial charge in [0.1, 0.15) is 0 Å². The van der Waals surface area contributed by atoms with Crippen LogP contribution in [-0.2, 0) is 0 Å². The van der Waals surface area contributed by atoms with Crippen molar-refractivity contribution in [3.63, 3.8) is 0 Å². The van der Waals surface area contributed by atoms with Crippen LogP contribution in [0.3, 0.4) is 0 Å². The topological polar surface area (TPSA) is 83.4 Å². The highest BCUT2D eigenvalue weighted by molar-refractivity contribution is 6.37. The summed E-state index contributed by atoms with van der Waals surface area (Å²) in [6.45, 7) is 1.75. The van der Waals surface area contributed by atoms with E-state index in [2.05, 4.69) is 20.8 Å². The van der Waals surface area contributed by atoms with Gasteiger partial charge in [0.2, 0.25) is 0 Å². The second-order valence-corrected chi connectivity index (χ2v) is 6.88. The number of halogens is 2. The zero-order chi connectivity index (χ0) is 20.8. The smallest absolute Gasteiger partial charge is 0.272 e. The molecule has 0 saturated heterocycles. The number of nitrogens with one attached hydrogen (secondary N) is 2. The molecule has 3 rings (SSSR count). The molecule has 2 aromatic carbocycles. The van der Waals surface area contributed by atoms with Crippen LogP contribution in [-0.4, -0.2) is 22.5 Å². The molecule has 1 heterocycles. The molecule has 0 spiro atoms. The fraction of sp³-hybridized carbons (Fsp3) is 0.0476. The number of rotatable bonds is 5. The average Bonchev–Trinajstić information content (AvgIpc) is 2.72. The van der Waals surface area contributed by atoms with E-state index in [1.54, 1.807) is 55.6 Å². The Morgan fingerprint density at radius 1 is 0.966 bits per heavy atom. The molecule has 3 aromatic rings. The lowest BCUT2D eigenvalue weighted by Gasteiger charge is -2.09. The molecule has 0 atom stereocenters. The molecule has 0 aliphatic heterocycles. The number of pyridine rings is 1. The highest BCUT2D eigenvalue weighted by atomic mass is 35.5. The second-order valence-electron chi connectivity index (χ2n) is 6.04. The predicted molar refractivity (Wildman–Crippen MR) is 115 cm³/mol. The summed E-state index contributed by atoms with van der Waals surface area (Å²) in [5, 5.41) is 7.62. The molecule has 0 radical (unpaired) electrons. The fourth-order valence-corrected chi connectivity index (χ4v) is 2.95. The highest BCUT2D eigenvalue weighted by Crippen LogP contribution is 2.22. The Hall–Kier alpha value is -3.22. The van der Waals surface area contributed by atoms with Crippen LogP contribution in [0.4, 0.5) is 5.69 Å². The van der Waals surface area contributed by atoms with Crippen LogP contribution in [0.1, 0.15) is 33.2 Å². The van der Waals surface area contributed by atoms with Crippen molar-refractivity contribution < 1.29 is 9.59 Å². The molecule has 2 amide bonds. The maximum Gasteiger partial charge on any atom is 0.272 e. The van der Waals surface area contributed by atoms with E-state index in [1.807, 2.05) is 6.07 Å². The second kappa shape index (κ2) is 9.32. The van der Waals surface area contributed by atoms with Crippen molar-refractivity contribution in [2.45, 2.75) is 6.92 Å². The third kappa shape index (κ3) is 5.40. The van der Waals surface area contributed by atoms with E-state index in [-0.39, 0.29) is 16.8 Å². The molecule has 2 N–H and O–H groups in total. The SMILES string of the molecule is C/C(=N/NC(=O)c1cccnc1)c1cccc(NC(=O)c2ccc(Cl)cc2Cl)c1. The number of hydrazone groups is 1. The molecule has 0 fully saturated rings. The first-order valence-electron chi connectivity index (χ1n) is 8.55. The zero-order valence-electron chi connectivity index (χ0n) is 15.3. The molecule has 146 valence electrons. The molecule has 0 aliphatic carbocycles. The third-order valence-corrected chi connectivity index (χ3v) is 4.51. The van der Waals surface area contributed by atoms with Gasteiger partial charge in [0.15, 0.2) is 0 Å². The van der Waals surface area contributed by atoms with Gasteiger partial charge >= 0.3 is 0 Å². The minimum atomic E-state index is -0.362. The molecule has 1 aromatic heterocycles. The number of nitrogens with zero attached hydrogens (tertiary/aromatic N) is 2. The first kappa shape index (κ1) is 20.5. The minimum absolute atomic E-state index is 0.266. The number of benzene rings is 2. The van der Waals surface area contributed by atoms with Crippen molar-refractivity contribution in [2.24, 2.45) is 5.10 Å². The molecular weight excluding hydrogens is 411 g/mol. The molecule has 0 aliphatic rings. The Balaban J connectivity index is 1.71. The maximum atomic E-state index is 12.5. The normalized spacial score (nSPS) is 11.1. The van der Waals surface area contributed by atoms with E-state index in [0.29, 0.717) is 27.5 Å². The van der Waals surface area contributed by atoms with Crippen molar-refractivity contribution in [3.05, 3.63) is 93.7 Å². The number of amides is 2. The van der Waals surface area contributed by atoms with Crippen LogP contribution in [0.15, 0.2) is 72.1 Å². The first-order chi connectivity index (χ1) is 13.9. The van der Waals surface area contributed by atoms with Gasteiger partial charge in [-0.05, 0) is 55.0 Å². The van der Waals surface area contributed by atoms with Crippen LogP contribution < -0.4 is 10.7 Å². The fourth-order valence-electron chi connectivity index (χ4n) is 2.45. The monoisotopic (exact) mass is 426 g/mol. The quantitative estimate of drug-likeness (QED) is 0.454. The zero-order valence-corrected chi connectivity index (χ0v) is 16.8. The van der Waals surface area contributed by atoms with Crippen molar-refractivity contribution in [1.82, 2.24) is 10.4 Å². The van der Waals surface area contributed by atoms with Gasteiger partial charge in [0.25, 0.3) is 11.8 Å². The summed E-state index contributed by atoms with van der Waals surface area (Å²) in [4.78, 5) is 28.4. The minimum Gasteiger partial charge on any atom is -0.322 e. The van der Waals surface area contributed by atoms with E-state index in [9.17, 15) is 9.59 Å². The third-order valence-electron chi connectivity index (χ3n) is 3.96. The Morgan fingerprint density at radius 2 is 1.76 bits per heavy atom. The molecule has 0 bridgehead atoms. The van der Waals surface area contributed by atoms with Crippen molar-refractivity contribution in [1.29, 1.82) is 0 Å². The molecule has 0 unspecified atom stereocenters. The lowest BCUT2D eigenvalue weighted by atomic mass is 10.1. The molecule has 8 heteroatoms. The Bertz CT molecular complexity index is 1090. The maximum absolute atomic E-state index is 12.5. The summed E-state index contributed by atoms with van der Waals surface area (Å²) in [5.74, 6) is -0.720. The average molecular weight is 427 g/mol. The summed E-state index contributed by atoms with van der Waals surface area (Å²) in [5.41, 5.74) is 5.08. The van der Waals surface area contributed by atoms with Gasteiger partial charge < -0.3 is 5.32 Å². The van der Waals surface area contributed by atoms with Crippen molar-refractivity contribution in [2.75, 3.05) is 5.32 Å². The number of aromatic nitrogens is 1. The van der Waals surface area contributed by atoms with Crippen LogP contribution in [0, 0.1) is 0 Å². The summed E-state index contributed by atoms with van der Waals surface area (Å²) >= 11 is 12.0. The van der Waals surface area contributed by atoms with Crippen LogP contribution in [0.2, 0.25) is 10.0 Å². The number of hydrogen-bond donors (Lipinski definition) is 2. The van der Waals surface area contributed by atoms with Crippen LogP contribution in [0.25, 0.3) is 0 Å². The predicted octanol–water partition coefficient (Wildman–Crippen LogP) is 4.79. The van der Waals surface area contributed by atoms with Gasteiger partial charge in [-0.2, -0.15) is 5.10 Å². The van der Waals surface area contributed by atoms with Gasteiger partial charge in [-0.3, -0.25) is 14.6 Å². The van der Waals surface area contributed by atoms with Crippen LogP contribution >= 0.6 is 23.2 Å². The molecular formula is C21H16Cl2N4O2. The Labute approximate surface area is 177 Å². The van der Waals surface area contributed by atoms with Gasteiger partial charge in [-0.15, -0.1) is 0 Å². The Morgan fingerprint density at radius 3 is 2.48 bits per heavy atom. The lowest BCUT2D eigenvalue weighted by molar-refractivity contribution is 0.0953. The van der Waals surface area contributed by atoms with E-state index >= 15 is 0 Å². The largest absolute Gasteiger partial charge is 0.322 e. The van der Waals surface area contributed by atoms with Gasteiger partial charge in [0, 0.05) is 23.1 Å². The van der Waals surface area contributed by atoms with Crippen molar-refractivity contribution >= 4 is 46.4 Å². The number of carbonyl (C=O) groups excluding carboxylic acids is 2. The van der Waals surface area contributed by atoms with E-state index in [1.165, 1.54) is 12.3 Å². The molecule has 0 saturated carbocycles. The van der Waals surface area contributed by atoms with E-state index in [4.69, 9.17) is 23.2 Å². The summed E-state index contributed by atoms with van der Waals surface area (Å²) < 4.78 is 0. The highest BCUT2D eigenvalue weighted by Gasteiger charge is 2.12.